The molecule has 1 aromatic carbocycles. The first-order valence-corrected chi connectivity index (χ1v) is 10.5. The Balaban J connectivity index is 2.08. The molecule has 7 nitrogen and oxygen atoms in total. The van der Waals surface area contributed by atoms with Gasteiger partial charge in [-0.1, -0.05) is 20.8 Å². The molecule has 1 fully saturated rings. The van der Waals surface area contributed by atoms with Crippen LogP contribution in [0.15, 0.2) is 23.1 Å². The highest BCUT2D eigenvalue weighted by atomic mass is 32.2. The lowest BCUT2D eigenvalue weighted by Gasteiger charge is -2.31. The van der Waals surface area contributed by atoms with Gasteiger partial charge in [0.2, 0.25) is 15.9 Å². The molecule has 1 N–H and O–H groups in total. The van der Waals surface area contributed by atoms with Gasteiger partial charge in [0.25, 0.3) is 0 Å². The van der Waals surface area contributed by atoms with Crippen molar-refractivity contribution < 1.29 is 22.7 Å². The number of benzene rings is 1. The Morgan fingerprint density at radius 3 is 2.33 bits per heavy atom. The second kappa shape index (κ2) is 8.48. The molecule has 152 valence electrons. The number of carbonyl (C=O) groups excluding carboxylic acids is 1. The molecule has 0 aliphatic carbocycles. The number of hydrogen-bond donors (Lipinski definition) is 1. The van der Waals surface area contributed by atoms with Gasteiger partial charge in [0.05, 0.1) is 14.2 Å². The summed E-state index contributed by atoms with van der Waals surface area (Å²) in [4.78, 5) is 12.4. The zero-order valence-electron chi connectivity index (χ0n) is 16.7. The van der Waals surface area contributed by atoms with Gasteiger partial charge in [0, 0.05) is 31.6 Å². The van der Waals surface area contributed by atoms with Crippen LogP contribution in [0.4, 0.5) is 0 Å². The third-order valence-electron chi connectivity index (χ3n) is 4.61. The SMILES string of the molecule is COc1ccc(OC)c(S(=O)(=O)N2CCC(C(=O)NCC(C)(C)C)CC2)c1. The Kier molecular flexibility index (Phi) is 6.75. The van der Waals surface area contributed by atoms with Crippen molar-refractivity contribution in [1.82, 2.24) is 9.62 Å². The van der Waals surface area contributed by atoms with Crippen molar-refractivity contribution in [3.63, 3.8) is 0 Å². The molecule has 0 radical (unpaired) electrons. The van der Waals surface area contributed by atoms with Gasteiger partial charge >= 0.3 is 0 Å². The van der Waals surface area contributed by atoms with Crippen LogP contribution in [0.25, 0.3) is 0 Å². The molecule has 0 aromatic heterocycles. The fourth-order valence-corrected chi connectivity index (χ4v) is 4.62. The Morgan fingerprint density at radius 1 is 1.19 bits per heavy atom. The Labute approximate surface area is 162 Å². The van der Waals surface area contributed by atoms with Crippen LogP contribution in [0.2, 0.25) is 0 Å². The lowest BCUT2D eigenvalue weighted by atomic mass is 9.94. The quantitative estimate of drug-likeness (QED) is 0.795. The van der Waals surface area contributed by atoms with E-state index in [4.69, 9.17) is 9.47 Å². The van der Waals surface area contributed by atoms with E-state index in [9.17, 15) is 13.2 Å². The first-order chi connectivity index (χ1) is 12.6. The molecular weight excluding hydrogens is 368 g/mol. The van der Waals surface area contributed by atoms with Gasteiger partial charge in [-0.05, 0) is 30.4 Å². The molecular formula is C19H30N2O5S. The second-order valence-corrected chi connectivity index (χ2v) is 9.88. The Morgan fingerprint density at radius 2 is 1.81 bits per heavy atom. The van der Waals surface area contributed by atoms with Crippen molar-refractivity contribution in [2.24, 2.45) is 11.3 Å². The molecule has 0 bridgehead atoms. The van der Waals surface area contributed by atoms with Crippen molar-refractivity contribution in [3.8, 4) is 11.5 Å². The van der Waals surface area contributed by atoms with E-state index in [2.05, 4.69) is 26.1 Å². The van der Waals surface area contributed by atoms with Gasteiger partial charge in [0.15, 0.2) is 0 Å². The fraction of sp³-hybridized carbons (Fsp3) is 0.632. The number of methoxy groups -OCH3 is 2. The largest absolute Gasteiger partial charge is 0.497 e. The summed E-state index contributed by atoms with van der Waals surface area (Å²) in [5.41, 5.74) is 0.0165. The van der Waals surface area contributed by atoms with Crippen LogP contribution in [0.3, 0.4) is 0 Å². The van der Waals surface area contributed by atoms with E-state index in [1.54, 1.807) is 12.1 Å². The van der Waals surface area contributed by atoms with Crippen molar-refractivity contribution in [3.05, 3.63) is 18.2 Å². The summed E-state index contributed by atoms with van der Waals surface area (Å²) in [6.45, 7) is 7.38. The highest BCUT2D eigenvalue weighted by Gasteiger charge is 2.34. The topological polar surface area (TPSA) is 84.9 Å². The standard InChI is InChI=1S/C19H30N2O5S/c1-19(2,3)13-20-18(22)14-8-10-21(11-9-14)27(23,24)17-12-15(25-4)6-7-16(17)26-5/h6-7,12,14H,8-11,13H2,1-5H3,(H,20,22). The number of sulfonamides is 1. The highest BCUT2D eigenvalue weighted by Crippen LogP contribution is 2.32. The first-order valence-electron chi connectivity index (χ1n) is 9.08. The lowest BCUT2D eigenvalue weighted by molar-refractivity contribution is -0.126. The normalized spacial score (nSPS) is 16.8. The van der Waals surface area contributed by atoms with E-state index in [1.165, 1.54) is 24.6 Å². The molecule has 1 aromatic rings. The monoisotopic (exact) mass is 398 g/mol. The van der Waals surface area contributed by atoms with Crippen molar-refractivity contribution in [1.29, 1.82) is 0 Å². The lowest BCUT2D eigenvalue weighted by Crippen LogP contribution is -2.44. The van der Waals surface area contributed by atoms with E-state index in [0.29, 0.717) is 38.2 Å². The predicted molar refractivity (Wildman–Crippen MR) is 103 cm³/mol. The van der Waals surface area contributed by atoms with E-state index < -0.39 is 10.0 Å². The molecule has 0 unspecified atom stereocenters. The van der Waals surface area contributed by atoms with Crippen LogP contribution in [-0.4, -0.2) is 52.5 Å². The van der Waals surface area contributed by atoms with Crippen LogP contribution in [-0.2, 0) is 14.8 Å². The minimum atomic E-state index is -3.73. The average molecular weight is 399 g/mol. The summed E-state index contributed by atoms with van der Waals surface area (Å²) in [5, 5.41) is 2.97. The minimum Gasteiger partial charge on any atom is -0.497 e. The average Bonchev–Trinajstić information content (AvgIpc) is 2.65. The molecule has 27 heavy (non-hydrogen) atoms. The Hall–Kier alpha value is -1.80. The summed E-state index contributed by atoms with van der Waals surface area (Å²) >= 11 is 0. The van der Waals surface area contributed by atoms with Crippen molar-refractivity contribution in [2.45, 2.75) is 38.5 Å². The summed E-state index contributed by atoms with van der Waals surface area (Å²) in [5.74, 6) is 0.568. The summed E-state index contributed by atoms with van der Waals surface area (Å²) < 4.78 is 37.9. The van der Waals surface area contributed by atoms with E-state index in [0.717, 1.165) is 0 Å². The molecule has 1 aliphatic heterocycles. The smallest absolute Gasteiger partial charge is 0.246 e. The number of carbonyl (C=O) groups is 1. The molecule has 1 heterocycles. The molecule has 1 saturated heterocycles. The summed E-state index contributed by atoms with van der Waals surface area (Å²) in [7, 11) is -0.802. The predicted octanol–water partition coefficient (Wildman–Crippen LogP) is 2.27. The maximum atomic E-state index is 13.1. The number of nitrogens with zero attached hydrogens (tertiary/aromatic N) is 1. The van der Waals surface area contributed by atoms with Crippen LogP contribution in [0, 0.1) is 11.3 Å². The van der Waals surface area contributed by atoms with E-state index in [-0.39, 0.29) is 27.9 Å². The van der Waals surface area contributed by atoms with Crippen LogP contribution in [0.5, 0.6) is 11.5 Å². The molecule has 0 atom stereocenters. The van der Waals surface area contributed by atoms with Crippen LogP contribution in [0.1, 0.15) is 33.6 Å². The summed E-state index contributed by atoms with van der Waals surface area (Å²) in [6, 6.07) is 4.71. The number of rotatable bonds is 6. The number of amides is 1. The van der Waals surface area contributed by atoms with Gasteiger partial charge in [-0.25, -0.2) is 8.42 Å². The van der Waals surface area contributed by atoms with Gasteiger partial charge in [0.1, 0.15) is 16.4 Å². The van der Waals surface area contributed by atoms with Crippen LogP contribution >= 0.6 is 0 Å². The first kappa shape index (κ1) is 21.5. The van der Waals surface area contributed by atoms with Crippen molar-refractivity contribution >= 4 is 15.9 Å². The number of piperidine rings is 1. The van der Waals surface area contributed by atoms with E-state index >= 15 is 0 Å². The molecule has 1 aliphatic rings. The third kappa shape index (κ3) is 5.35. The van der Waals surface area contributed by atoms with Gasteiger partial charge in [-0.15, -0.1) is 0 Å². The number of hydrogen-bond acceptors (Lipinski definition) is 5. The molecule has 8 heteroatoms. The molecule has 0 spiro atoms. The zero-order valence-corrected chi connectivity index (χ0v) is 17.6. The zero-order chi connectivity index (χ0) is 20.2. The number of ether oxygens (including phenoxy) is 2. The maximum Gasteiger partial charge on any atom is 0.246 e. The highest BCUT2D eigenvalue weighted by molar-refractivity contribution is 7.89. The van der Waals surface area contributed by atoms with Gasteiger partial charge in [-0.2, -0.15) is 4.31 Å². The maximum absolute atomic E-state index is 13.1. The minimum absolute atomic E-state index is 0.000865. The number of nitrogens with one attached hydrogen (secondary N) is 1. The van der Waals surface area contributed by atoms with Gasteiger partial charge < -0.3 is 14.8 Å². The second-order valence-electron chi connectivity index (χ2n) is 7.97. The van der Waals surface area contributed by atoms with E-state index in [1.807, 2.05) is 0 Å². The molecule has 2 rings (SSSR count). The molecule has 0 saturated carbocycles. The Bertz CT molecular complexity index is 763. The fourth-order valence-electron chi connectivity index (χ4n) is 2.98. The summed E-state index contributed by atoms with van der Waals surface area (Å²) in [6.07, 6.45) is 1.00. The molecule has 1 amide bonds. The van der Waals surface area contributed by atoms with Crippen LogP contribution < -0.4 is 14.8 Å². The van der Waals surface area contributed by atoms with Crippen molar-refractivity contribution in [2.75, 3.05) is 33.9 Å². The third-order valence-corrected chi connectivity index (χ3v) is 6.53. The van der Waals surface area contributed by atoms with Gasteiger partial charge in [-0.3, -0.25) is 4.79 Å².